The van der Waals surface area contributed by atoms with Gasteiger partial charge in [-0.2, -0.15) is 0 Å². The van der Waals surface area contributed by atoms with E-state index in [0.29, 0.717) is 25.4 Å². The van der Waals surface area contributed by atoms with Gasteiger partial charge in [-0.1, -0.05) is 19.8 Å². The van der Waals surface area contributed by atoms with Crippen LogP contribution in [0, 0.1) is 5.92 Å². The molecular formula is C14H25N3O4. The van der Waals surface area contributed by atoms with Gasteiger partial charge in [-0.15, -0.1) is 0 Å². The first-order valence-electron chi connectivity index (χ1n) is 7.52. The molecule has 1 aliphatic heterocycles. The van der Waals surface area contributed by atoms with Crippen LogP contribution >= 0.6 is 0 Å². The highest BCUT2D eigenvalue weighted by Gasteiger charge is 2.23. The molecule has 4 N–H and O–H groups in total. The van der Waals surface area contributed by atoms with Crippen LogP contribution in [0.5, 0.6) is 0 Å². The van der Waals surface area contributed by atoms with Gasteiger partial charge in [0.15, 0.2) is 0 Å². The molecule has 2 atom stereocenters. The predicted molar refractivity (Wildman–Crippen MR) is 77.7 cm³/mol. The topological polar surface area (TPSA) is 108 Å². The Hall–Kier alpha value is -1.63. The summed E-state index contributed by atoms with van der Waals surface area (Å²) in [5, 5.41) is 17.1. The lowest BCUT2D eigenvalue weighted by Crippen LogP contribution is -2.58. The van der Waals surface area contributed by atoms with E-state index in [2.05, 4.69) is 22.9 Å². The van der Waals surface area contributed by atoms with Crippen LogP contribution in [0.2, 0.25) is 0 Å². The van der Waals surface area contributed by atoms with Crippen molar-refractivity contribution in [3.63, 3.8) is 0 Å². The number of carbonyl (C=O) groups is 3. The molecule has 1 aliphatic rings. The van der Waals surface area contributed by atoms with E-state index >= 15 is 0 Å². The van der Waals surface area contributed by atoms with E-state index in [1.807, 2.05) is 0 Å². The molecule has 21 heavy (non-hydrogen) atoms. The molecule has 2 amide bonds. The molecule has 1 saturated heterocycles. The minimum absolute atomic E-state index is 0.101. The third-order valence-electron chi connectivity index (χ3n) is 3.64. The number of carboxylic acids is 1. The van der Waals surface area contributed by atoms with Gasteiger partial charge in [0, 0.05) is 19.5 Å². The van der Waals surface area contributed by atoms with Crippen LogP contribution in [0.3, 0.4) is 0 Å². The van der Waals surface area contributed by atoms with Crippen LogP contribution in [0.1, 0.15) is 39.0 Å². The zero-order valence-corrected chi connectivity index (χ0v) is 12.5. The molecule has 0 aromatic carbocycles. The summed E-state index contributed by atoms with van der Waals surface area (Å²) in [6.07, 6.45) is 3.59. The molecule has 0 aromatic rings. The molecule has 1 fully saturated rings. The molecule has 2 unspecified atom stereocenters. The minimum Gasteiger partial charge on any atom is -0.481 e. The Bertz CT molecular complexity index is 363. The Morgan fingerprint density at radius 3 is 2.71 bits per heavy atom. The molecule has 120 valence electrons. The van der Waals surface area contributed by atoms with Crippen molar-refractivity contribution in [1.29, 1.82) is 0 Å². The number of hydrogen-bond acceptors (Lipinski definition) is 4. The summed E-state index contributed by atoms with van der Waals surface area (Å²) in [5.41, 5.74) is 0. The third-order valence-corrected chi connectivity index (χ3v) is 3.64. The fourth-order valence-electron chi connectivity index (χ4n) is 2.44. The van der Waals surface area contributed by atoms with Crippen molar-refractivity contribution in [2.24, 2.45) is 5.92 Å². The Balaban J connectivity index is 2.24. The molecule has 1 rings (SSSR count). The van der Waals surface area contributed by atoms with Crippen molar-refractivity contribution < 1.29 is 19.5 Å². The Morgan fingerprint density at radius 2 is 2.14 bits per heavy atom. The number of nitrogens with one attached hydrogen (secondary N) is 3. The van der Waals surface area contributed by atoms with Crippen LogP contribution in [0.4, 0.5) is 0 Å². The first kappa shape index (κ1) is 17.4. The van der Waals surface area contributed by atoms with Crippen molar-refractivity contribution in [3.8, 4) is 0 Å². The molecule has 1 heterocycles. The van der Waals surface area contributed by atoms with Crippen molar-refractivity contribution in [2.45, 2.75) is 45.1 Å². The van der Waals surface area contributed by atoms with Crippen LogP contribution in [-0.2, 0) is 14.4 Å². The molecule has 0 aliphatic carbocycles. The van der Waals surface area contributed by atoms with E-state index in [0.717, 1.165) is 19.3 Å². The zero-order chi connectivity index (χ0) is 15.7. The van der Waals surface area contributed by atoms with Crippen molar-refractivity contribution in [3.05, 3.63) is 0 Å². The van der Waals surface area contributed by atoms with E-state index in [1.165, 1.54) is 0 Å². The number of rotatable bonds is 9. The first-order valence-corrected chi connectivity index (χ1v) is 7.52. The lowest BCUT2D eigenvalue weighted by Gasteiger charge is -2.23. The van der Waals surface area contributed by atoms with E-state index in [1.54, 1.807) is 0 Å². The van der Waals surface area contributed by atoms with Crippen LogP contribution in [0.25, 0.3) is 0 Å². The normalized spacial score (nSPS) is 19.7. The number of carbonyl (C=O) groups excluding carboxylic acids is 2. The fourth-order valence-corrected chi connectivity index (χ4v) is 2.44. The van der Waals surface area contributed by atoms with Crippen LogP contribution in [0.15, 0.2) is 0 Å². The second-order valence-corrected chi connectivity index (χ2v) is 5.40. The Kier molecular flexibility index (Phi) is 7.74. The van der Waals surface area contributed by atoms with Gasteiger partial charge < -0.3 is 15.7 Å². The largest absolute Gasteiger partial charge is 0.481 e. The molecule has 0 saturated carbocycles. The van der Waals surface area contributed by atoms with Gasteiger partial charge in [0.05, 0.1) is 6.54 Å². The number of carboxylic acid groups (broad SMARTS) is 1. The Labute approximate surface area is 124 Å². The SMILES string of the molecule is CCCC(CCNC(=O)C1CNC(=O)CN1)CCC(=O)O. The second kappa shape index (κ2) is 9.33. The number of aliphatic carboxylic acids is 1. The second-order valence-electron chi connectivity index (χ2n) is 5.40. The smallest absolute Gasteiger partial charge is 0.303 e. The number of piperazine rings is 1. The highest BCUT2D eigenvalue weighted by molar-refractivity contribution is 5.86. The van der Waals surface area contributed by atoms with Gasteiger partial charge >= 0.3 is 5.97 Å². The van der Waals surface area contributed by atoms with Gasteiger partial charge in [0.25, 0.3) is 0 Å². The molecule has 7 heteroatoms. The van der Waals surface area contributed by atoms with Gasteiger partial charge in [-0.25, -0.2) is 0 Å². The highest BCUT2D eigenvalue weighted by Crippen LogP contribution is 2.17. The van der Waals surface area contributed by atoms with Gasteiger partial charge in [-0.3, -0.25) is 19.7 Å². The summed E-state index contributed by atoms with van der Waals surface area (Å²) < 4.78 is 0. The molecule has 0 spiro atoms. The third kappa shape index (κ3) is 7.08. The molecule has 0 radical (unpaired) electrons. The minimum atomic E-state index is -0.776. The van der Waals surface area contributed by atoms with Gasteiger partial charge in [-0.05, 0) is 18.8 Å². The summed E-state index contributed by atoms with van der Waals surface area (Å²) in [4.78, 5) is 33.5. The lowest BCUT2D eigenvalue weighted by atomic mass is 9.94. The first-order chi connectivity index (χ1) is 10.0. The van der Waals surface area contributed by atoms with Crippen LogP contribution < -0.4 is 16.0 Å². The maximum absolute atomic E-state index is 11.9. The number of hydrogen-bond donors (Lipinski definition) is 4. The maximum Gasteiger partial charge on any atom is 0.303 e. The fraction of sp³-hybridized carbons (Fsp3) is 0.786. The van der Waals surface area contributed by atoms with Crippen molar-refractivity contribution >= 4 is 17.8 Å². The molecule has 0 bridgehead atoms. The highest BCUT2D eigenvalue weighted by atomic mass is 16.4. The maximum atomic E-state index is 11.9. The van der Waals surface area contributed by atoms with E-state index < -0.39 is 5.97 Å². The summed E-state index contributed by atoms with van der Waals surface area (Å²) in [6, 6.07) is -0.383. The average molecular weight is 299 g/mol. The van der Waals surface area contributed by atoms with E-state index in [-0.39, 0.29) is 30.8 Å². The number of amides is 2. The lowest BCUT2D eigenvalue weighted by molar-refractivity contribution is -0.137. The summed E-state index contributed by atoms with van der Waals surface area (Å²) in [5.74, 6) is -0.674. The van der Waals surface area contributed by atoms with E-state index in [4.69, 9.17) is 5.11 Å². The molecular weight excluding hydrogens is 274 g/mol. The summed E-state index contributed by atoms with van der Waals surface area (Å²) in [6.45, 7) is 3.08. The standard InChI is InChI=1S/C14H25N3O4/c1-2-3-10(4-5-13(19)20)6-7-15-14(21)11-8-17-12(18)9-16-11/h10-11,16H,2-9H2,1H3,(H,15,21)(H,17,18)(H,19,20). The quantitative estimate of drug-likeness (QED) is 0.474. The Morgan fingerprint density at radius 1 is 1.38 bits per heavy atom. The van der Waals surface area contributed by atoms with Gasteiger partial charge in [0.2, 0.25) is 11.8 Å². The monoisotopic (exact) mass is 299 g/mol. The molecule has 0 aromatic heterocycles. The summed E-state index contributed by atoms with van der Waals surface area (Å²) >= 11 is 0. The molecule has 7 nitrogen and oxygen atoms in total. The summed E-state index contributed by atoms with van der Waals surface area (Å²) in [7, 11) is 0. The van der Waals surface area contributed by atoms with Gasteiger partial charge in [0.1, 0.15) is 6.04 Å². The zero-order valence-electron chi connectivity index (χ0n) is 12.5. The van der Waals surface area contributed by atoms with E-state index in [9.17, 15) is 14.4 Å². The predicted octanol–water partition coefficient (Wildman–Crippen LogP) is -0.138. The van der Waals surface area contributed by atoms with Crippen molar-refractivity contribution in [2.75, 3.05) is 19.6 Å². The average Bonchev–Trinajstić information content (AvgIpc) is 2.45. The van der Waals surface area contributed by atoms with Crippen LogP contribution in [-0.4, -0.2) is 48.6 Å². The van der Waals surface area contributed by atoms with Crippen molar-refractivity contribution in [1.82, 2.24) is 16.0 Å².